The quantitative estimate of drug-likeness (QED) is 0.610. The number of para-hydroxylation sites is 1. The molecule has 0 amide bonds. The molecule has 1 unspecified atom stereocenters. The van der Waals surface area contributed by atoms with Crippen LogP contribution in [0.3, 0.4) is 0 Å². The molecule has 0 saturated heterocycles. The van der Waals surface area contributed by atoms with Gasteiger partial charge in [0.25, 0.3) is 0 Å². The maximum Gasteiger partial charge on any atom is 0.176 e. The van der Waals surface area contributed by atoms with E-state index in [0.717, 1.165) is 5.39 Å². The zero-order chi connectivity index (χ0) is 16.6. The Bertz CT molecular complexity index is 950. The summed E-state index contributed by atoms with van der Waals surface area (Å²) in [5.41, 5.74) is 0.342. The summed E-state index contributed by atoms with van der Waals surface area (Å²) in [5.74, 6) is 0.404. The highest BCUT2D eigenvalue weighted by atomic mass is 35.5. The van der Waals surface area contributed by atoms with Crippen LogP contribution in [0.25, 0.3) is 11.0 Å². The van der Waals surface area contributed by atoms with Crippen molar-refractivity contribution in [3.63, 3.8) is 0 Å². The predicted molar refractivity (Wildman–Crippen MR) is 91.8 cm³/mol. The van der Waals surface area contributed by atoms with Gasteiger partial charge >= 0.3 is 0 Å². The number of fused-ring (bicyclic) bond motifs is 1. The first kappa shape index (κ1) is 14.9. The zero-order valence-electron chi connectivity index (χ0n) is 12.6. The highest BCUT2D eigenvalue weighted by Gasteiger charge is 2.38. The summed E-state index contributed by atoms with van der Waals surface area (Å²) in [4.78, 5) is 8.07. The summed E-state index contributed by atoms with van der Waals surface area (Å²) in [7, 11) is 0. The van der Waals surface area contributed by atoms with Crippen LogP contribution < -0.4 is 0 Å². The molecular formula is C19H13ClN2O2. The van der Waals surface area contributed by atoms with Gasteiger partial charge in [-0.25, -0.2) is 9.97 Å². The third-order valence-corrected chi connectivity index (χ3v) is 4.27. The molecule has 4 nitrogen and oxygen atoms in total. The molecular weight excluding hydrogens is 324 g/mol. The Morgan fingerprint density at radius 1 is 0.917 bits per heavy atom. The molecule has 2 aromatic heterocycles. The fraction of sp³-hybridized carbons (Fsp3) is 0.0526. The van der Waals surface area contributed by atoms with E-state index >= 15 is 0 Å². The number of halogens is 1. The molecule has 24 heavy (non-hydrogen) atoms. The summed E-state index contributed by atoms with van der Waals surface area (Å²) < 4.78 is 5.93. The molecule has 0 spiro atoms. The minimum atomic E-state index is -1.51. The zero-order valence-corrected chi connectivity index (χ0v) is 13.3. The van der Waals surface area contributed by atoms with Gasteiger partial charge in [-0.15, -0.1) is 0 Å². The molecule has 1 atom stereocenters. The highest BCUT2D eigenvalue weighted by molar-refractivity contribution is 6.30. The van der Waals surface area contributed by atoms with E-state index in [9.17, 15) is 5.11 Å². The smallest absolute Gasteiger partial charge is 0.176 e. The van der Waals surface area contributed by atoms with Crippen molar-refractivity contribution in [1.29, 1.82) is 0 Å². The van der Waals surface area contributed by atoms with Crippen molar-refractivity contribution >= 4 is 22.6 Å². The minimum Gasteiger partial charge on any atom is -0.457 e. The van der Waals surface area contributed by atoms with E-state index in [4.69, 9.17) is 16.0 Å². The van der Waals surface area contributed by atoms with E-state index in [-0.39, 0.29) is 0 Å². The Hall–Kier alpha value is -2.69. The lowest BCUT2D eigenvalue weighted by atomic mass is 9.85. The average Bonchev–Trinajstić information content (AvgIpc) is 3.07. The number of hydrogen-bond donors (Lipinski definition) is 1. The molecule has 2 aromatic carbocycles. The molecule has 0 radical (unpaired) electrons. The highest BCUT2D eigenvalue weighted by Crippen LogP contribution is 2.39. The maximum atomic E-state index is 11.6. The van der Waals surface area contributed by atoms with Crippen LogP contribution in [0.15, 0.2) is 77.7 Å². The van der Waals surface area contributed by atoms with E-state index in [0.29, 0.717) is 27.5 Å². The van der Waals surface area contributed by atoms with Crippen molar-refractivity contribution < 1.29 is 9.52 Å². The molecule has 4 rings (SSSR count). The van der Waals surface area contributed by atoms with Crippen molar-refractivity contribution in [2.24, 2.45) is 0 Å². The normalized spacial score (nSPS) is 13.8. The summed E-state index contributed by atoms with van der Waals surface area (Å²) >= 11 is 5.99. The Morgan fingerprint density at radius 3 is 2.33 bits per heavy atom. The number of aromatic nitrogens is 2. The summed E-state index contributed by atoms with van der Waals surface area (Å²) in [5, 5.41) is 13.1. The van der Waals surface area contributed by atoms with E-state index in [1.807, 2.05) is 30.3 Å². The lowest BCUT2D eigenvalue weighted by Crippen LogP contribution is -2.28. The topological polar surface area (TPSA) is 59.2 Å². The van der Waals surface area contributed by atoms with Crippen LogP contribution in [-0.2, 0) is 5.60 Å². The molecule has 2 heterocycles. The van der Waals surface area contributed by atoms with Crippen LogP contribution in [0.2, 0.25) is 5.02 Å². The maximum absolute atomic E-state index is 11.6. The number of aliphatic hydroxyl groups is 1. The Morgan fingerprint density at radius 2 is 1.62 bits per heavy atom. The van der Waals surface area contributed by atoms with Crippen molar-refractivity contribution in [2.45, 2.75) is 5.60 Å². The number of nitrogens with zero attached hydrogens (tertiary/aromatic N) is 2. The number of rotatable bonds is 3. The summed E-state index contributed by atoms with van der Waals surface area (Å²) in [6, 6.07) is 16.4. The molecule has 5 heteroatoms. The van der Waals surface area contributed by atoms with Gasteiger partial charge in [0.05, 0.1) is 0 Å². The van der Waals surface area contributed by atoms with Crippen molar-refractivity contribution in [3.05, 3.63) is 95.2 Å². The van der Waals surface area contributed by atoms with Crippen molar-refractivity contribution in [1.82, 2.24) is 9.97 Å². The fourth-order valence-corrected chi connectivity index (χ4v) is 2.91. The van der Waals surface area contributed by atoms with Crippen LogP contribution in [-0.4, -0.2) is 15.1 Å². The fourth-order valence-electron chi connectivity index (χ4n) is 2.79. The average molecular weight is 337 g/mol. The van der Waals surface area contributed by atoms with Gasteiger partial charge in [-0.1, -0.05) is 41.9 Å². The first-order chi connectivity index (χ1) is 11.7. The number of benzene rings is 2. The largest absolute Gasteiger partial charge is 0.457 e. The number of furan rings is 1. The Labute approximate surface area is 143 Å². The molecule has 0 saturated carbocycles. The third kappa shape index (κ3) is 2.37. The lowest BCUT2D eigenvalue weighted by Gasteiger charge is -2.26. The van der Waals surface area contributed by atoms with E-state index < -0.39 is 5.60 Å². The third-order valence-electron chi connectivity index (χ3n) is 4.02. The Kier molecular flexibility index (Phi) is 3.56. The van der Waals surface area contributed by atoms with Crippen LogP contribution in [0.5, 0.6) is 0 Å². The predicted octanol–water partition coefficient (Wildman–Crippen LogP) is 4.16. The van der Waals surface area contributed by atoms with Crippen molar-refractivity contribution in [3.8, 4) is 0 Å². The van der Waals surface area contributed by atoms with Crippen LogP contribution in [0.4, 0.5) is 0 Å². The first-order valence-electron chi connectivity index (χ1n) is 7.41. The second kappa shape index (κ2) is 5.74. The summed E-state index contributed by atoms with van der Waals surface area (Å²) in [6.07, 6.45) is 4.58. The molecule has 0 fully saturated rings. The second-order valence-electron chi connectivity index (χ2n) is 5.49. The van der Waals surface area contributed by atoms with Crippen LogP contribution in [0.1, 0.15) is 16.9 Å². The van der Waals surface area contributed by atoms with Gasteiger partial charge in [0, 0.05) is 28.4 Å². The van der Waals surface area contributed by atoms with Crippen LogP contribution >= 0.6 is 11.6 Å². The molecule has 0 aliphatic heterocycles. The van der Waals surface area contributed by atoms with Gasteiger partial charge < -0.3 is 9.52 Å². The molecule has 0 aliphatic rings. The SMILES string of the molecule is OC(c1ccc(Cl)cc1)(c1cncnc1)c1cc2ccccc2o1. The van der Waals surface area contributed by atoms with Gasteiger partial charge in [-0.2, -0.15) is 0 Å². The van der Waals surface area contributed by atoms with E-state index in [1.54, 1.807) is 36.7 Å². The molecule has 4 aromatic rings. The van der Waals surface area contributed by atoms with Gasteiger partial charge in [0.15, 0.2) is 5.60 Å². The van der Waals surface area contributed by atoms with Gasteiger partial charge in [0.1, 0.15) is 17.7 Å². The van der Waals surface area contributed by atoms with E-state index in [2.05, 4.69) is 9.97 Å². The monoisotopic (exact) mass is 336 g/mol. The standard InChI is InChI=1S/C19H13ClN2O2/c20-16-7-5-14(6-8-16)19(23,15-10-21-12-22-11-15)18-9-13-3-1-2-4-17(13)24-18/h1-12,23H. The lowest BCUT2D eigenvalue weighted by molar-refractivity contribution is 0.100. The summed E-state index contributed by atoms with van der Waals surface area (Å²) in [6.45, 7) is 0. The van der Waals surface area contributed by atoms with Gasteiger partial charge in [0.2, 0.25) is 0 Å². The molecule has 118 valence electrons. The van der Waals surface area contributed by atoms with Gasteiger partial charge in [-0.05, 0) is 29.8 Å². The number of hydrogen-bond acceptors (Lipinski definition) is 4. The molecule has 0 bridgehead atoms. The molecule has 1 N–H and O–H groups in total. The van der Waals surface area contributed by atoms with Crippen LogP contribution in [0, 0.1) is 0 Å². The Balaban J connectivity index is 1.98. The first-order valence-corrected chi connectivity index (χ1v) is 7.79. The van der Waals surface area contributed by atoms with Gasteiger partial charge in [-0.3, -0.25) is 0 Å². The second-order valence-corrected chi connectivity index (χ2v) is 5.93. The van der Waals surface area contributed by atoms with E-state index in [1.165, 1.54) is 6.33 Å². The molecule has 0 aliphatic carbocycles. The minimum absolute atomic E-state index is 0.404. The van der Waals surface area contributed by atoms with Crippen molar-refractivity contribution in [2.75, 3.05) is 0 Å².